The fourth-order valence-corrected chi connectivity index (χ4v) is 5.33. The van der Waals surface area contributed by atoms with Crippen molar-refractivity contribution in [2.45, 2.75) is 18.5 Å². The molecule has 0 radical (unpaired) electrons. The summed E-state index contributed by atoms with van der Waals surface area (Å²) in [7, 11) is 0. The van der Waals surface area contributed by atoms with Crippen LogP contribution in [0, 0.1) is 5.82 Å². The Bertz CT molecular complexity index is 1450. The number of hydrogen-bond donors (Lipinski definition) is 2. The molecule has 2 aromatic carbocycles. The second-order valence-electron chi connectivity index (χ2n) is 8.50. The molecule has 0 unspecified atom stereocenters. The Morgan fingerprint density at radius 2 is 1.89 bits per heavy atom. The van der Waals surface area contributed by atoms with Crippen LogP contribution in [-0.4, -0.2) is 32.0 Å². The maximum Gasteiger partial charge on any atom is 0.226 e. The lowest BCUT2D eigenvalue weighted by Gasteiger charge is -2.29. The quantitative estimate of drug-likeness (QED) is 0.262. The number of nitrogens with zero attached hydrogens (tertiary/aromatic N) is 3. The zero-order valence-corrected chi connectivity index (χ0v) is 21.8. The number of para-hydroxylation sites is 1. The van der Waals surface area contributed by atoms with Gasteiger partial charge in [0.05, 0.1) is 34.2 Å². The number of carbonyl (C=O) groups excluding carboxylic acids is 1. The molecule has 37 heavy (non-hydrogen) atoms. The number of rotatable bonds is 7. The average Bonchev–Trinajstić information content (AvgIpc) is 3.48. The van der Waals surface area contributed by atoms with E-state index in [0.717, 1.165) is 17.1 Å². The van der Waals surface area contributed by atoms with Crippen LogP contribution in [-0.2, 0) is 4.79 Å². The Morgan fingerprint density at radius 3 is 2.65 bits per heavy atom. The second kappa shape index (κ2) is 10.9. The van der Waals surface area contributed by atoms with Crippen molar-refractivity contribution in [3.63, 3.8) is 0 Å². The van der Waals surface area contributed by atoms with Crippen molar-refractivity contribution in [1.82, 2.24) is 19.8 Å². The minimum absolute atomic E-state index is 0.101. The van der Waals surface area contributed by atoms with Gasteiger partial charge in [-0.15, -0.1) is 0 Å². The number of aromatic nitrogens is 2. The van der Waals surface area contributed by atoms with E-state index in [4.69, 9.17) is 35.4 Å². The summed E-state index contributed by atoms with van der Waals surface area (Å²) in [5.41, 5.74) is 2.62. The highest BCUT2D eigenvalue weighted by molar-refractivity contribution is 7.80. The fraction of sp³-hybridized carbons (Fsp3) is 0.148. The number of thiocarbonyl (C=S) groups is 1. The molecule has 0 aliphatic carbocycles. The molecule has 2 atom stereocenters. The predicted molar refractivity (Wildman–Crippen MR) is 148 cm³/mol. The van der Waals surface area contributed by atoms with Gasteiger partial charge in [-0.05, 0) is 66.8 Å². The van der Waals surface area contributed by atoms with Crippen molar-refractivity contribution in [2.24, 2.45) is 0 Å². The van der Waals surface area contributed by atoms with Gasteiger partial charge in [0.15, 0.2) is 5.11 Å². The van der Waals surface area contributed by atoms with Gasteiger partial charge in [0.1, 0.15) is 5.82 Å². The van der Waals surface area contributed by atoms with Crippen molar-refractivity contribution >= 4 is 52.1 Å². The number of pyridine rings is 1. The monoisotopic (exact) mass is 553 g/mol. The van der Waals surface area contributed by atoms with E-state index in [2.05, 4.69) is 15.6 Å². The molecule has 3 heterocycles. The van der Waals surface area contributed by atoms with E-state index in [1.165, 1.54) is 12.1 Å². The Balaban J connectivity index is 1.46. The highest BCUT2D eigenvalue weighted by Gasteiger charge is 2.41. The Kier molecular flexibility index (Phi) is 7.41. The molecule has 1 fully saturated rings. The van der Waals surface area contributed by atoms with Crippen LogP contribution >= 0.6 is 35.4 Å². The number of carbonyl (C=O) groups is 1. The molecule has 1 aliphatic heterocycles. The minimum atomic E-state index is -0.486. The standard InChI is InChI=1S/C27H22Cl2FN5OS/c28-17-10-11-22(18(29)16-17)34-14-5-9-23(34)26-25(21-8-3-4-13-31-21)33-27(37)35(26)15-12-24(36)32-20-7-2-1-6-19(20)30/h1-11,13-14,16,25-26H,12,15H2,(H,32,36)(H,33,37)/t25-,26+/m0/s1. The van der Waals surface area contributed by atoms with Gasteiger partial charge in [-0.25, -0.2) is 4.39 Å². The second-order valence-corrected chi connectivity index (χ2v) is 9.73. The molecule has 2 N–H and O–H groups in total. The SMILES string of the molecule is O=C(CCN1C(=S)N[C@@H](c2ccccn2)[C@H]1c1cccn1-c1ccc(Cl)cc1Cl)Nc1ccccc1F. The molecule has 0 saturated carbocycles. The van der Waals surface area contributed by atoms with Gasteiger partial charge in [0, 0.05) is 36.1 Å². The summed E-state index contributed by atoms with van der Waals surface area (Å²) in [5.74, 6) is -0.802. The van der Waals surface area contributed by atoms with Crippen molar-refractivity contribution in [2.75, 3.05) is 11.9 Å². The molecule has 2 aromatic heterocycles. The third-order valence-corrected chi connectivity index (χ3v) is 7.07. The zero-order valence-electron chi connectivity index (χ0n) is 19.4. The molecule has 188 valence electrons. The van der Waals surface area contributed by atoms with Crippen molar-refractivity contribution in [3.8, 4) is 5.69 Å². The minimum Gasteiger partial charge on any atom is -0.352 e. The first kappa shape index (κ1) is 25.2. The summed E-state index contributed by atoms with van der Waals surface area (Å²) in [6, 6.07) is 20.5. The highest BCUT2D eigenvalue weighted by Crippen LogP contribution is 2.40. The van der Waals surface area contributed by atoms with Gasteiger partial charge in [-0.1, -0.05) is 41.4 Å². The van der Waals surface area contributed by atoms with Crippen LogP contribution in [0.4, 0.5) is 10.1 Å². The summed E-state index contributed by atoms with van der Waals surface area (Å²) in [4.78, 5) is 19.2. The van der Waals surface area contributed by atoms with E-state index in [-0.39, 0.29) is 30.1 Å². The first-order chi connectivity index (χ1) is 17.9. The van der Waals surface area contributed by atoms with Gasteiger partial charge < -0.3 is 20.1 Å². The topological polar surface area (TPSA) is 62.2 Å². The molecule has 0 spiro atoms. The molecule has 6 nitrogen and oxygen atoms in total. The molecule has 1 saturated heterocycles. The molecular formula is C27H22Cl2FN5OS. The Morgan fingerprint density at radius 1 is 1.08 bits per heavy atom. The Hall–Kier alpha value is -3.46. The maximum absolute atomic E-state index is 14.0. The predicted octanol–water partition coefficient (Wildman–Crippen LogP) is 6.32. The number of halogens is 3. The van der Waals surface area contributed by atoms with Gasteiger partial charge in [-0.3, -0.25) is 9.78 Å². The summed E-state index contributed by atoms with van der Waals surface area (Å²) in [5, 5.41) is 7.56. The van der Waals surface area contributed by atoms with Crippen LogP contribution in [0.5, 0.6) is 0 Å². The van der Waals surface area contributed by atoms with Crippen molar-refractivity contribution in [3.05, 3.63) is 112 Å². The molecule has 0 bridgehead atoms. The maximum atomic E-state index is 14.0. The van der Waals surface area contributed by atoms with Gasteiger partial charge in [0.25, 0.3) is 0 Å². The molecular weight excluding hydrogens is 532 g/mol. The summed E-state index contributed by atoms with van der Waals surface area (Å²) < 4.78 is 16.0. The summed E-state index contributed by atoms with van der Waals surface area (Å²) >= 11 is 18.4. The van der Waals surface area contributed by atoms with Crippen molar-refractivity contribution < 1.29 is 9.18 Å². The number of amides is 1. The molecule has 1 aliphatic rings. The van der Waals surface area contributed by atoms with E-state index in [1.807, 2.05) is 52.1 Å². The number of benzene rings is 2. The zero-order chi connectivity index (χ0) is 25.9. The van der Waals surface area contributed by atoms with Crippen LogP contribution in [0.15, 0.2) is 85.2 Å². The normalized spacial score (nSPS) is 17.1. The third kappa shape index (κ3) is 5.32. The lowest BCUT2D eigenvalue weighted by atomic mass is 10.0. The molecule has 5 rings (SSSR count). The summed E-state index contributed by atoms with van der Waals surface area (Å²) in [6.07, 6.45) is 3.76. The number of anilines is 1. The first-order valence-corrected chi connectivity index (χ1v) is 12.7. The lowest BCUT2D eigenvalue weighted by molar-refractivity contribution is -0.116. The fourth-order valence-electron chi connectivity index (χ4n) is 4.50. The highest BCUT2D eigenvalue weighted by atomic mass is 35.5. The van der Waals surface area contributed by atoms with Gasteiger partial charge in [-0.2, -0.15) is 0 Å². The van der Waals surface area contributed by atoms with Crippen LogP contribution in [0.2, 0.25) is 10.0 Å². The first-order valence-electron chi connectivity index (χ1n) is 11.6. The smallest absolute Gasteiger partial charge is 0.226 e. The van der Waals surface area contributed by atoms with E-state index in [0.29, 0.717) is 21.7 Å². The van der Waals surface area contributed by atoms with Gasteiger partial charge in [0.2, 0.25) is 5.91 Å². The molecule has 4 aromatic rings. The van der Waals surface area contributed by atoms with Crippen LogP contribution in [0.1, 0.15) is 29.9 Å². The number of hydrogen-bond acceptors (Lipinski definition) is 3. The van der Waals surface area contributed by atoms with Crippen molar-refractivity contribution in [1.29, 1.82) is 0 Å². The summed E-state index contributed by atoms with van der Waals surface area (Å²) in [6.45, 7) is 0.305. The third-order valence-electron chi connectivity index (χ3n) is 6.18. The molecule has 10 heteroatoms. The number of nitrogens with one attached hydrogen (secondary N) is 2. The van der Waals surface area contributed by atoms with E-state index >= 15 is 0 Å². The molecule has 1 amide bonds. The van der Waals surface area contributed by atoms with E-state index in [9.17, 15) is 9.18 Å². The van der Waals surface area contributed by atoms with Crippen LogP contribution in [0.25, 0.3) is 5.69 Å². The van der Waals surface area contributed by atoms with Crippen LogP contribution in [0.3, 0.4) is 0 Å². The van der Waals surface area contributed by atoms with E-state index < -0.39 is 5.82 Å². The lowest BCUT2D eigenvalue weighted by Crippen LogP contribution is -2.33. The Labute approximate surface area is 229 Å². The van der Waals surface area contributed by atoms with E-state index in [1.54, 1.807) is 30.5 Å². The van der Waals surface area contributed by atoms with Gasteiger partial charge >= 0.3 is 0 Å². The average molecular weight is 554 g/mol. The largest absolute Gasteiger partial charge is 0.352 e. The van der Waals surface area contributed by atoms with Crippen LogP contribution < -0.4 is 10.6 Å².